The molecule has 2 rings (SSSR count). The fourth-order valence-electron chi connectivity index (χ4n) is 2.24. The van der Waals surface area contributed by atoms with Crippen LogP contribution in [0.2, 0.25) is 0 Å². The number of ether oxygens (including phenoxy) is 1. The van der Waals surface area contributed by atoms with Crippen LogP contribution in [0.15, 0.2) is 22.7 Å². The minimum absolute atomic E-state index is 0.122. The smallest absolute Gasteiger partial charge is 0.252 e. The van der Waals surface area contributed by atoms with Crippen LogP contribution in [-0.2, 0) is 9.59 Å². The Hall–Kier alpha value is -1.56. The van der Waals surface area contributed by atoms with Crippen LogP contribution in [0.5, 0.6) is 5.75 Å². The molecule has 108 valence electrons. The summed E-state index contributed by atoms with van der Waals surface area (Å²) in [4.78, 5) is 25.3. The molecule has 0 spiro atoms. The molecule has 1 aliphatic rings. The molecule has 1 aromatic rings. The minimum Gasteiger partial charge on any atom is -0.495 e. The SMILES string of the molecule is CCCN1C(=O)CC(Nc2cc(Br)ccc2OC)C1=O. The molecular formula is C14H17BrN2O3. The van der Waals surface area contributed by atoms with Crippen LogP contribution in [0.1, 0.15) is 19.8 Å². The highest BCUT2D eigenvalue weighted by Gasteiger charge is 2.38. The first kappa shape index (κ1) is 14.8. The number of methoxy groups -OCH3 is 1. The van der Waals surface area contributed by atoms with Gasteiger partial charge in [0, 0.05) is 11.0 Å². The second kappa shape index (κ2) is 6.26. The van der Waals surface area contributed by atoms with E-state index in [0.29, 0.717) is 18.0 Å². The monoisotopic (exact) mass is 340 g/mol. The number of carbonyl (C=O) groups is 2. The average Bonchev–Trinajstić information content (AvgIpc) is 2.67. The summed E-state index contributed by atoms with van der Waals surface area (Å²) in [7, 11) is 1.57. The van der Waals surface area contributed by atoms with Gasteiger partial charge in [0.1, 0.15) is 11.8 Å². The minimum atomic E-state index is -0.516. The van der Waals surface area contributed by atoms with Crippen molar-refractivity contribution < 1.29 is 14.3 Å². The largest absolute Gasteiger partial charge is 0.495 e. The average molecular weight is 341 g/mol. The number of halogens is 1. The summed E-state index contributed by atoms with van der Waals surface area (Å²) in [6, 6.07) is 4.98. The van der Waals surface area contributed by atoms with Crippen LogP contribution >= 0.6 is 15.9 Å². The number of anilines is 1. The molecule has 5 nitrogen and oxygen atoms in total. The maximum absolute atomic E-state index is 12.2. The summed E-state index contributed by atoms with van der Waals surface area (Å²) < 4.78 is 6.13. The Morgan fingerprint density at radius 1 is 1.45 bits per heavy atom. The topological polar surface area (TPSA) is 58.6 Å². The van der Waals surface area contributed by atoms with Gasteiger partial charge in [-0.1, -0.05) is 22.9 Å². The first-order chi connectivity index (χ1) is 9.56. The second-order valence-corrected chi connectivity index (χ2v) is 5.54. The molecule has 1 aliphatic heterocycles. The standard InChI is InChI=1S/C14H17BrN2O3/c1-3-6-17-13(18)8-11(14(17)19)16-10-7-9(15)4-5-12(10)20-2/h4-5,7,11,16H,3,6,8H2,1-2H3. The van der Waals surface area contributed by atoms with Gasteiger partial charge in [-0.25, -0.2) is 0 Å². The van der Waals surface area contributed by atoms with E-state index in [1.54, 1.807) is 13.2 Å². The summed E-state index contributed by atoms with van der Waals surface area (Å²) in [5.41, 5.74) is 0.700. The van der Waals surface area contributed by atoms with Crippen molar-refractivity contribution in [3.63, 3.8) is 0 Å². The molecule has 1 unspecified atom stereocenters. The molecule has 6 heteroatoms. The summed E-state index contributed by atoms with van der Waals surface area (Å²) >= 11 is 3.38. The highest BCUT2D eigenvalue weighted by Crippen LogP contribution is 2.30. The third-order valence-corrected chi connectivity index (χ3v) is 3.68. The van der Waals surface area contributed by atoms with Gasteiger partial charge in [0.2, 0.25) is 5.91 Å². The first-order valence-corrected chi connectivity index (χ1v) is 7.30. The van der Waals surface area contributed by atoms with E-state index in [0.717, 1.165) is 10.9 Å². The Balaban J connectivity index is 2.17. The van der Waals surface area contributed by atoms with Crippen molar-refractivity contribution >= 4 is 33.4 Å². The third-order valence-electron chi connectivity index (χ3n) is 3.18. The van der Waals surface area contributed by atoms with Crippen molar-refractivity contribution in [1.29, 1.82) is 0 Å². The fourth-order valence-corrected chi connectivity index (χ4v) is 2.60. The zero-order chi connectivity index (χ0) is 14.7. The molecule has 1 atom stereocenters. The molecule has 0 aliphatic carbocycles. The van der Waals surface area contributed by atoms with Crippen LogP contribution in [0, 0.1) is 0 Å². The zero-order valence-corrected chi connectivity index (χ0v) is 13.1. The highest BCUT2D eigenvalue weighted by molar-refractivity contribution is 9.10. The molecule has 20 heavy (non-hydrogen) atoms. The lowest BCUT2D eigenvalue weighted by atomic mass is 10.2. The molecular weight excluding hydrogens is 324 g/mol. The van der Waals surface area contributed by atoms with Gasteiger partial charge in [-0.3, -0.25) is 14.5 Å². The maximum Gasteiger partial charge on any atom is 0.252 e. The van der Waals surface area contributed by atoms with E-state index >= 15 is 0 Å². The molecule has 1 fully saturated rings. The van der Waals surface area contributed by atoms with Crippen molar-refractivity contribution in [2.45, 2.75) is 25.8 Å². The fraction of sp³-hybridized carbons (Fsp3) is 0.429. The number of amides is 2. The number of nitrogens with zero attached hydrogens (tertiary/aromatic N) is 1. The molecule has 0 saturated carbocycles. The number of hydrogen-bond acceptors (Lipinski definition) is 4. The van der Waals surface area contributed by atoms with Crippen LogP contribution in [0.25, 0.3) is 0 Å². The maximum atomic E-state index is 12.2. The zero-order valence-electron chi connectivity index (χ0n) is 11.5. The molecule has 0 aromatic heterocycles. The van der Waals surface area contributed by atoms with Crippen molar-refractivity contribution in [1.82, 2.24) is 4.90 Å². The first-order valence-electron chi connectivity index (χ1n) is 6.51. The Morgan fingerprint density at radius 3 is 2.85 bits per heavy atom. The van der Waals surface area contributed by atoms with E-state index in [1.807, 2.05) is 19.1 Å². The Kier molecular flexibility index (Phi) is 4.65. The van der Waals surface area contributed by atoms with Gasteiger partial charge in [0.05, 0.1) is 19.2 Å². The normalized spacial score (nSPS) is 18.6. The van der Waals surface area contributed by atoms with Gasteiger partial charge >= 0.3 is 0 Å². The van der Waals surface area contributed by atoms with E-state index in [2.05, 4.69) is 21.2 Å². The van der Waals surface area contributed by atoms with E-state index in [4.69, 9.17) is 4.74 Å². The summed E-state index contributed by atoms with van der Waals surface area (Å²) in [5, 5.41) is 3.10. The Bertz CT molecular complexity index is 533. The predicted molar refractivity (Wildman–Crippen MR) is 79.7 cm³/mol. The van der Waals surface area contributed by atoms with Gasteiger partial charge < -0.3 is 10.1 Å². The van der Waals surface area contributed by atoms with E-state index in [1.165, 1.54) is 4.90 Å². The molecule has 1 aromatic carbocycles. The lowest BCUT2D eigenvalue weighted by Gasteiger charge is -2.17. The molecule has 1 N–H and O–H groups in total. The van der Waals surface area contributed by atoms with Gasteiger partial charge in [0.25, 0.3) is 5.91 Å². The van der Waals surface area contributed by atoms with Gasteiger partial charge in [-0.05, 0) is 24.6 Å². The quantitative estimate of drug-likeness (QED) is 0.836. The summed E-state index contributed by atoms with van der Waals surface area (Å²) in [6.07, 6.45) is 0.957. The third kappa shape index (κ3) is 2.95. The number of likely N-dealkylation sites (tertiary alicyclic amines) is 1. The van der Waals surface area contributed by atoms with Gasteiger partial charge in [-0.15, -0.1) is 0 Å². The molecule has 2 amide bonds. The Morgan fingerprint density at radius 2 is 2.20 bits per heavy atom. The van der Waals surface area contributed by atoms with Crippen molar-refractivity contribution in [2.24, 2.45) is 0 Å². The van der Waals surface area contributed by atoms with E-state index < -0.39 is 6.04 Å². The molecule has 1 heterocycles. The number of imide groups is 1. The molecule has 0 bridgehead atoms. The summed E-state index contributed by atoms with van der Waals surface area (Å²) in [6.45, 7) is 2.42. The van der Waals surface area contributed by atoms with Gasteiger partial charge in [-0.2, -0.15) is 0 Å². The number of carbonyl (C=O) groups excluding carboxylic acids is 2. The van der Waals surface area contributed by atoms with Crippen molar-refractivity contribution in [2.75, 3.05) is 19.0 Å². The lowest BCUT2D eigenvalue weighted by Crippen LogP contribution is -2.35. The number of rotatable bonds is 5. The number of benzene rings is 1. The summed E-state index contributed by atoms with van der Waals surface area (Å²) in [5.74, 6) is 0.351. The van der Waals surface area contributed by atoms with Crippen molar-refractivity contribution in [3.05, 3.63) is 22.7 Å². The van der Waals surface area contributed by atoms with Crippen molar-refractivity contribution in [3.8, 4) is 5.75 Å². The highest BCUT2D eigenvalue weighted by atomic mass is 79.9. The molecule has 1 saturated heterocycles. The lowest BCUT2D eigenvalue weighted by molar-refractivity contribution is -0.138. The van der Waals surface area contributed by atoms with Gasteiger partial charge in [0.15, 0.2) is 0 Å². The Labute approximate surface area is 126 Å². The molecule has 0 radical (unpaired) electrons. The van der Waals surface area contributed by atoms with Crippen LogP contribution in [-0.4, -0.2) is 36.4 Å². The van der Waals surface area contributed by atoms with E-state index in [9.17, 15) is 9.59 Å². The van der Waals surface area contributed by atoms with Crippen LogP contribution in [0.4, 0.5) is 5.69 Å². The second-order valence-electron chi connectivity index (χ2n) is 4.63. The predicted octanol–water partition coefficient (Wildman–Crippen LogP) is 2.41. The number of hydrogen-bond donors (Lipinski definition) is 1. The van der Waals surface area contributed by atoms with E-state index in [-0.39, 0.29) is 18.2 Å². The van der Waals surface area contributed by atoms with Crippen LogP contribution < -0.4 is 10.1 Å². The number of nitrogens with one attached hydrogen (secondary N) is 1. The van der Waals surface area contributed by atoms with Crippen LogP contribution in [0.3, 0.4) is 0 Å².